The van der Waals surface area contributed by atoms with Gasteiger partial charge in [-0.25, -0.2) is 4.98 Å². The molecular weight excluding hydrogens is 248 g/mol. The van der Waals surface area contributed by atoms with Crippen molar-refractivity contribution >= 4 is 23.4 Å². The third-order valence-electron chi connectivity index (χ3n) is 2.96. The van der Waals surface area contributed by atoms with Crippen LogP contribution in [0.1, 0.15) is 40.5 Å². The smallest absolute Gasteiger partial charge is 0.222 e. The van der Waals surface area contributed by atoms with Gasteiger partial charge in [0.2, 0.25) is 5.95 Å². The van der Waals surface area contributed by atoms with Crippen LogP contribution in [-0.4, -0.2) is 22.6 Å². The molecule has 102 valence electrons. The lowest BCUT2D eigenvalue weighted by atomic mass is 10.1. The molecule has 0 aliphatic heterocycles. The highest BCUT2D eigenvalue weighted by Crippen LogP contribution is 2.27. The molecule has 0 aromatic carbocycles. The first-order chi connectivity index (χ1) is 8.49. The molecule has 18 heavy (non-hydrogen) atoms. The first kappa shape index (κ1) is 15.0. The van der Waals surface area contributed by atoms with Crippen LogP contribution in [0.3, 0.4) is 0 Å². The Morgan fingerprint density at radius 2 is 1.94 bits per heavy atom. The first-order valence-corrected chi connectivity index (χ1v) is 6.92. The van der Waals surface area contributed by atoms with E-state index in [-0.39, 0.29) is 5.95 Å². The molecular formula is C13H23ClN4. The molecule has 1 aromatic heterocycles. The van der Waals surface area contributed by atoms with Gasteiger partial charge in [-0.1, -0.05) is 39.3 Å². The summed E-state index contributed by atoms with van der Waals surface area (Å²) in [6, 6.07) is 0.430. The quantitative estimate of drug-likeness (QED) is 0.861. The number of hydrogen-bond acceptors (Lipinski definition) is 4. The van der Waals surface area contributed by atoms with Gasteiger partial charge >= 0.3 is 0 Å². The Bertz CT molecular complexity index is 377. The molecule has 2 N–H and O–H groups in total. The zero-order valence-corrected chi connectivity index (χ0v) is 12.4. The fourth-order valence-electron chi connectivity index (χ4n) is 2.10. The van der Waals surface area contributed by atoms with Crippen molar-refractivity contribution in [1.82, 2.24) is 9.97 Å². The van der Waals surface area contributed by atoms with Gasteiger partial charge in [0.15, 0.2) is 5.82 Å². The summed E-state index contributed by atoms with van der Waals surface area (Å²) in [5.41, 5.74) is 5.67. The Morgan fingerprint density at radius 3 is 2.44 bits per heavy atom. The molecule has 0 unspecified atom stereocenters. The van der Waals surface area contributed by atoms with Gasteiger partial charge in [0, 0.05) is 12.6 Å². The van der Waals surface area contributed by atoms with Crippen LogP contribution in [0.2, 0.25) is 5.02 Å². The standard InChI is InChI=1S/C13H23ClN4/c1-5-10(6-2)18(8-9(3)4)12-11(14)7-16-13(15)17-12/h7,9-10H,5-6,8H2,1-4H3,(H2,15,16,17). The van der Waals surface area contributed by atoms with Crippen molar-refractivity contribution in [2.24, 2.45) is 5.92 Å². The molecule has 4 nitrogen and oxygen atoms in total. The average molecular weight is 271 g/mol. The molecule has 5 heteroatoms. The maximum atomic E-state index is 6.21. The molecule has 0 spiro atoms. The van der Waals surface area contributed by atoms with Crippen LogP contribution >= 0.6 is 11.6 Å². The van der Waals surface area contributed by atoms with Gasteiger partial charge in [-0.15, -0.1) is 0 Å². The third kappa shape index (κ3) is 3.73. The zero-order chi connectivity index (χ0) is 13.7. The molecule has 1 rings (SSSR count). The monoisotopic (exact) mass is 270 g/mol. The van der Waals surface area contributed by atoms with E-state index in [9.17, 15) is 0 Å². The molecule has 0 aliphatic carbocycles. The number of anilines is 2. The van der Waals surface area contributed by atoms with Crippen molar-refractivity contribution in [3.8, 4) is 0 Å². The van der Waals surface area contributed by atoms with E-state index in [0.29, 0.717) is 17.0 Å². The predicted octanol–water partition coefficient (Wildman–Crippen LogP) is 3.36. The maximum absolute atomic E-state index is 6.21. The summed E-state index contributed by atoms with van der Waals surface area (Å²) in [5, 5.41) is 0.566. The van der Waals surface area contributed by atoms with Crippen LogP contribution in [0.4, 0.5) is 11.8 Å². The topological polar surface area (TPSA) is 55.0 Å². The fourth-order valence-corrected chi connectivity index (χ4v) is 2.30. The largest absolute Gasteiger partial charge is 0.368 e. The minimum Gasteiger partial charge on any atom is -0.368 e. The molecule has 1 aromatic rings. The van der Waals surface area contributed by atoms with Crippen molar-refractivity contribution in [3.63, 3.8) is 0 Å². The Balaban J connectivity index is 3.11. The average Bonchev–Trinajstić information content (AvgIpc) is 2.32. The van der Waals surface area contributed by atoms with Crippen LogP contribution in [0, 0.1) is 5.92 Å². The van der Waals surface area contributed by atoms with Crippen molar-refractivity contribution < 1.29 is 0 Å². The summed E-state index contributed by atoms with van der Waals surface area (Å²) < 4.78 is 0. The van der Waals surface area contributed by atoms with Crippen LogP contribution in [-0.2, 0) is 0 Å². The molecule has 0 radical (unpaired) electrons. The predicted molar refractivity (Wildman–Crippen MR) is 78.0 cm³/mol. The normalized spacial score (nSPS) is 11.3. The second-order valence-electron chi connectivity index (χ2n) is 4.92. The number of aromatic nitrogens is 2. The van der Waals surface area contributed by atoms with Crippen molar-refractivity contribution in [2.75, 3.05) is 17.2 Å². The van der Waals surface area contributed by atoms with Crippen molar-refractivity contribution in [1.29, 1.82) is 0 Å². The lowest BCUT2D eigenvalue weighted by molar-refractivity contribution is 0.503. The molecule has 0 bridgehead atoms. The van der Waals surface area contributed by atoms with Crippen LogP contribution in [0.15, 0.2) is 6.20 Å². The van der Waals surface area contributed by atoms with E-state index in [1.165, 1.54) is 0 Å². The highest BCUT2D eigenvalue weighted by atomic mass is 35.5. The Kier molecular flexibility index (Phi) is 5.66. The van der Waals surface area contributed by atoms with E-state index in [1.54, 1.807) is 6.20 Å². The molecule has 0 amide bonds. The highest BCUT2D eigenvalue weighted by molar-refractivity contribution is 6.32. The first-order valence-electron chi connectivity index (χ1n) is 6.54. The number of nitrogens with two attached hydrogens (primary N) is 1. The minimum atomic E-state index is 0.272. The van der Waals surface area contributed by atoms with E-state index in [0.717, 1.165) is 25.2 Å². The fraction of sp³-hybridized carbons (Fsp3) is 0.692. The highest BCUT2D eigenvalue weighted by Gasteiger charge is 2.21. The van der Waals surface area contributed by atoms with E-state index >= 15 is 0 Å². The van der Waals surface area contributed by atoms with Gasteiger partial charge < -0.3 is 10.6 Å². The molecule has 0 aliphatic rings. The van der Waals surface area contributed by atoms with Crippen LogP contribution in [0.25, 0.3) is 0 Å². The Labute approximate surface area is 115 Å². The number of rotatable bonds is 6. The lowest BCUT2D eigenvalue weighted by Crippen LogP contribution is -2.38. The Morgan fingerprint density at radius 1 is 1.33 bits per heavy atom. The van der Waals surface area contributed by atoms with Crippen LogP contribution < -0.4 is 10.6 Å². The number of nitrogens with zero attached hydrogens (tertiary/aromatic N) is 3. The van der Waals surface area contributed by atoms with Gasteiger partial charge in [-0.05, 0) is 18.8 Å². The van der Waals surface area contributed by atoms with Crippen LogP contribution in [0.5, 0.6) is 0 Å². The summed E-state index contributed by atoms with van der Waals surface area (Å²) in [4.78, 5) is 10.5. The van der Waals surface area contributed by atoms with Gasteiger partial charge in [0.1, 0.15) is 5.02 Å². The molecule has 0 atom stereocenters. The van der Waals surface area contributed by atoms with E-state index in [2.05, 4.69) is 42.6 Å². The van der Waals surface area contributed by atoms with Gasteiger partial charge in [-0.2, -0.15) is 4.98 Å². The number of hydrogen-bond donors (Lipinski definition) is 1. The molecule has 0 saturated heterocycles. The van der Waals surface area contributed by atoms with Gasteiger partial charge in [0.05, 0.1) is 6.20 Å². The third-order valence-corrected chi connectivity index (χ3v) is 3.23. The van der Waals surface area contributed by atoms with E-state index in [1.807, 2.05) is 0 Å². The summed E-state index contributed by atoms with van der Waals surface area (Å²) in [6.07, 6.45) is 3.70. The van der Waals surface area contributed by atoms with E-state index < -0.39 is 0 Å². The summed E-state index contributed by atoms with van der Waals surface area (Å²) in [7, 11) is 0. The maximum Gasteiger partial charge on any atom is 0.222 e. The van der Waals surface area contributed by atoms with E-state index in [4.69, 9.17) is 17.3 Å². The Hall–Kier alpha value is -1.03. The summed E-state index contributed by atoms with van der Waals surface area (Å²) >= 11 is 6.21. The van der Waals surface area contributed by atoms with Crippen molar-refractivity contribution in [2.45, 2.75) is 46.6 Å². The molecule has 0 saturated carbocycles. The van der Waals surface area contributed by atoms with Crippen molar-refractivity contribution in [3.05, 3.63) is 11.2 Å². The van der Waals surface area contributed by atoms with Gasteiger partial charge in [0.25, 0.3) is 0 Å². The van der Waals surface area contributed by atoms with Gasteiger partial charge in [-0.3, -0.25) is 0 Å². The lowest BCUT2D eigenvalue weighted by Gasteiger charge is -2.33. The zero-order valence-electron chi connectivity index (χ0n) is 11.7. The second-order valence-corrected chi connectivity index (χ2v) is 5.32. The second kappa shape index (κ2) is 6.78. The molecule has 1 heterocycles. The summed E-state index contributed by atoms with van der Waals surface area (Å²) in [5.74, 6) is 1.57. The number of nitrogen functional groups attached to an aromatic ring is 1. The minimum absolute atomic E-state index is 0.272. The number of halogens is 1. The summed E-state index contributed by atoms with van der Waals surface area (Å²) in [6.45, 7) is 9.66. The molecule has 0 fully saturated rings. The SMILES string of the molecule is CCC(CC)N(CC(C)C)c1nc(N)ncc1Cl.